The van der Waals surface area contributed by atoms with E-state index in [4.69, 9.17) is 4.74 Å². The Kier molecular flexibility index (Phi) is 8.73. The Morgan fingerprint density at radius 2 is 2.09 bits per heavy atom. The van der Waals surface area contributed by atoms with Crippen molar-refractivity contribution in [3.05, 3.63) is 24.3 Å². The van der Waals surface area contributed by atoms with Crippen molar-refractivity contribution in [2.24, 2.45) is 10.9 Å². The van der Waals surface area contributed by atoms with Gasteiger partial charge < -0.3 is 36.0 Å². The molecule has 0 saturated carbocycles. The smallest absolute Gasteiger partial charge is 0.407 e. The van der Waals surface area contributed by atoms with E-state index < -0.39 is 18.1 Å². The van der Waals surface area contributed by atoms with Crippen LogP contribution in [0.4, 0.5) is 16.2 Å². The number of rotatable bonds is 8. The zero-order chi connectivity index (χ0) is 23.6. The Morgan fingerprint density at radius 3 is 2.76 bits per heavy atom. The molecule has 180 valence electrons. The second-order valence-electron chi connectivity index (χ2n) is 7.95. The minimum absolute atomic E-state index is 0.133. The first-order valence-corrected chi connectivity index (χ1v) is 11.3. The van der Waals surface area contributed by atoms with Gasteiger partial charge in [0.05, 0.1) is 6.61 Å². The molecule has 2 heterocycles. The van der Waals surface area contributed by atoms with Gasteiger partial charge in [0.2, 0.25) is 5.91 Å². The summed E-state index contributed by atoms with van der Waals surface area (Å²) >= 11 is 0. The van der Waals surface area contributed by atoms with Crippen LogP contribution in [0.2, 0.25) is 0 Å². The second-order valence-corrected chi connectivity index (χ2v) is 7.95. The Morgan fingerprint density at radius 1 is 1.30 bits per heavy atom. The van der Waals surface area contributed by atoms with E-state index in [2.05, 4.69) is 37.2 Å². The van der Waals surface area contributed by atoms with Crippen molar-refractivity contribution < 1.29 is 24.2 Å². The van der Waals surface area contributed by atoms with Gasteiger partial charge >= 0.3 is 12.1 Å². The molecule has 1 saturated heterocycles. The number of aliphatic imine (C=N–C) groups is 1. The lowest BCUT2D eigenvalue weighted by atomic mass is 9.95. The lowest BCUT2D eigenvalue weighted by molar-refractivity contribution is -0.139. The van der Waals surface area contributed by atoms with Crippen LogP contribution in [-0.4, -0.2) is 74.4 Å². The SMILES string of the molecule is CCOC(=O)NC(CNC(=O)C1CCN(c2cccc(NC3=NCCCN3)c2)CC1)C(=O)O. The number of carbonyl (C=O) groups excluding carboxylic acids is 2. The van der Waals surface area contributed by atoms with Gasteiger partial charge in [-0.05, 0) is 44.4 Å². The third-order valence-corrected chi connectivity index (χ3v) is 5.58. The van der Waals surface area contributed by atoms with Crippen molar-refractivity contribution in [3.8, 4) is 0 Å². The Hall–Kier alpha value is -3.50. The summed E-state index contributed by atoms with van der Waals surface area (Å²) in [4.78, 5) is 42.0. The van der Waals surface area contributed by atoms with E-state index in [1.165, 1.54) is 0 Å². The highest BCUT2D eigenvalue weighted by Crippen LogP contribution is 2.25. The van der Waals surface area contributed by atoms with Crippen LogP contribution >= 0.6 is 0 Å². The number of anilines is 2. The fourth-order valence-electron chi connectivity index (χ4n) is 3.80. The summed E-state index contributed by atoms with van der Waals surface area (Å²) < 4.78 is 4.70. The highest BCUT2D eigenvalue weighted by molar-refractivity contribution is 5.94. The number of amides is 2. The molecule has 1 unspecified atom stereocenters. The number of nitrogens with one attached hydrogen (secondary N) is 4. The summed E-state index contributed by atoms with van der Waals surface area (Å²) in [5, 5.41) is 20.7. The van der Waals surface area contributed by atoms with Gasteiger partial charge in [0.15, 0.2) is 5.96 Å². The van der Waals surface area contributed by atoms with Crippen molar-refractivity contribution in [2.45, 2.75) is 32.2 Å². The van der Waals surface area contributed by atoms with Crippen LogP contribution in [0.1, 0.15) is 26.2 Å². The zero-order valence-corrected chi connectivity index (χ0v) is 18.8. The quantitative estimate of drug-likeness (QED) is 0.386. The number of hydrogen-bond donors (Lipinski definition) is 5. The number of carboxylic acids is 1. The van der Waals surface area contributed by atoms with Crippen molar-refractivity contribution >= 4 is 35.3 Å². The number of guanidine groups is 1. The van der Waals surface area contributed by atoms with E-state index in [1.807, 2.05) is 18.2 Å². The molecule has 1 aromatic carbocycles. The number of hydrogen-bond acceptors (Lipinski definition) is 8. The molecular formula is C22H32N6O5. The minimum Gasteiger partial charge on any atom is -0.480 e. The number of benzene rings is 1. The molecule has 1 fully saturated rings. The molecule has 1 atom stereocenters. The number of aliphatic carboxylic acids is 1. The van der Waals surface area contributed by atoms with E-state index >= 15 is 0 Å². The summed E-state index contributed by atoms with van der Waals surface area (Å²) in [5.41, 5.74) is 2.02. The molecule has 0 aromatic heterocycles. The van der Waals surface area contributed by atoms with E-state index in [9.17, 15) is 19.5 Å². The Balaban J connectivity index is 1.47. The summed E-state index contributed by atoms with van der Waals surface area (Å²) in [6, 6.07) is 6.85. The van der Waals surface area contributed by atoms with Gasteiger partial charge in [0, 0.05) is 50.0 Å². The first-order valence-electron chi connectivity index (χ1n) is 11.3. The highest BCUT2D eigenvalue weighted by atomic mass is 16.5. The van der Waals surface area contributed by atoms with Crippen molar-refractivity contribution in [1.29, 1.82) is 0 Å². The van der Waals surface area contributed by atoms with Gasteiger partial charge in [-0.2, -0.15) is 0 Å². The third kappa shape index (κ3) is 7.26. The first-order chi connectivity index (χ1) is 16.0. The normalized spacial score (nSPS) is 17.2. The molecule has 2 aliphatic heterocycles. The lowest BCUT2D eigenvalue weighted by Crippen LogP contribution is -2.50. The maximum absolute atomic E-state index is 12.6. The zero-order valence-electron chi connectivity index (χ0n) is 18.8. The summed E-state index contributed by atoms with van der Waals surface area (Å²) in [6.45, 7) is 4.71. The third-order valence-electron chi connectivity index (χ3n) is 5.58. The molecule has 33 heavy (non-hydrogen) atoms. The molecule has 2 amide bonds. The van der Waals surface area contributed by atoms with Crippen LogP contribution in [-0.2, 0) is 14.3 Å². The highest BCUT2D eigenvalue weighted by Gasteiger charge is 2.27. The standard InChI is InChI=1S/C22H32N6O5/c1-2-33-22(32)27-18(20(30)31)14-25-19(29)15-7-11-28(12-8-15)17-6-3-5-16(13-17)26-21-23-9-4-10-24-21/h3,5-6,13,15,18H,2,4,7-12,14H2,1H3,(H,25,29)(H,27,32)(H,30,31)(H2,23,24,26). The maximum atomic E-state index is 12.6. The second kappa shape index (κ2) is 11.9. The number of carbonyl (C=O) groups is 3. The van der Waals surface area contributed by atoms with Crippen molar-refractivity contribution in [3.63, 3.8) is 0 Å². The van der Waals surface area contributed by atoms with Gasteiger partial charge in [0.25, 0.3) is 0 Å². The molecule has 0 bridgehead atoms. The van der Waals surface area contributed by atoms with Gasteiger partial charge in [0.1, 0.15) is 6.04 Å². The molecule has 1 aromatic rings. The molecule has 0 spiro atoms. The fraction of sp³-hybridized carbons (Fsp3) is 0.545. The van der Waals surface area contributed by atoms with Gasteiger partial charge in [-0.1, -0.05) is 6.07 Å². The number of carboxylic acid groups (broad SMARTS) is 1. The molecule has 11 heteroatoms. The monoisotopic (exact) mass is 460 g/mol. The van der Waals surface area contributed by atoms with Gasteiger partial charge in [-0.25, -0.2) is 9.59 Å². The summed E-state index contributed by atoms with van der Waals surface area (Å²) in [6.07, 6.45) is 1.52. The van der Waals surface area contributed by atoms with Crippen LogP contribution < -0.4 is 26.2 Å². The number of piperidine rings is 1. The number of alkyl carbamates (subject to hydrolysis) is 1. The molecule has 5 N–H and O–H groups in total. The average Bonchev–Trinajstić information content (AvgIpc) is 2.82. The summed E-state index contributed by atoms with van der Waals surface area (Å²) in [7, 11) is 0. The molecular weight excluding hydrogens is 428 g/mol. The average molecular weight is 461 g/mol. The Labute approximate surface area is 193 Å². The van der Waals surface area contributed by atoms with E-state index in [1.54, 1.807) is 6.92 Å². The largest absolute Gasteiger partial charge is 0.480 e. The molecule has 11 nitrogen and oxygen atoms in total. The van der Waals surface area contributed by atoms with Crippen LogP contribution in [0.25, 0.3) is 0 Å². The van der Waals surface area contributed by atoms with E-state index in [0.717, 1.165) is 36.8 Å². The van der Waals surface area contributed by atoms with Crippen molar-refractivity contribution in [1.82, 2.24) is 16.0 Å². The minimum atomic E-state index is -1.24. The Bertz CT molecular complexity index is 869. The summed E-state index contributed by atoms with van der Waals surface area (Å²) in [5.74, 6) is -0.865. The number of nitrogens with zero attached hydrogens (tertiary/aromatic N) is 2. The fourth-order valence-corrected chi connectivity index (χ4v) is 3.80. The van der Waals surface area contributed by atoms with E-state index in [0.29, 0.717) is 25.9 Å². The predicted molar refractivity (Wildman–Crippen MR) is 125 cm³/mol. The first kappa shape index (κ1) is 24.1. The van der Waals surface area contributed by atoms with Crippen LogP contribution in [0.3, 0.4) is 0 Å². The van der Waals surface area contributed by atoms with Crippen LogP contribution in [0, 0.1) is 5.92 Å². The molecule has 0 radical (unpaired) electrons. The van der Waals surface area contributed by atoms with Crippen LogP contribution in [0.15, 0.2) is 29.3 Å². The van der Waals surface area contributed by atoms with Gasteiger partial charge in [-0.15, -0.1) is 0 Å². The maximum Gasteiger partial charge on any atom is 0.407 e. The molecule has 2 aliphatic rings. The lowest BCUT2D eigenvalue weighted by Gasteiger charge is -2.33. The van der Waals surface area contributed by atoms with E-state index in [-0.39, 0.29) is 25.0 Å². The number of ether oxygens (including phenoxy) is 1. The predicted octanol–water partition coefficient (Wildman–Crippen LogP) is 0.980. The topological polar surface area (TPSA) is 144 Å². The molecule has 0 aliphatic carbocycles. The van der Waals surface area contributed by atoms with Crippen LogP contribution in [0.5, 0.6) is 0 Å². The molecule has 3 rings (SSSR count). The van der Waals surface area contributed by atoms with Crippen molar-refractivity contribution in [2.75, 3.05) is 49.5 Å². The van der Waals surface area contributed by atoms with Gasteiger partial charge in [-0.3, -0.25) is 9.79 Å².